The average Bonchev–Trinajstić information content (AvgIpc) is 2.46. The van der Waals surface area contributed by atoms with E-state index in [0.29, 0.717) is 6.42 Å². The molecule has 0 heterocycles. The molecular formula is C19H32N2O3. The highest BCUT2D eigenvalue weighted by Crippen LogP contribution is 2.21. The van der Waals surface area contributed by atoms with E-state index < -0.39 is 5.54 Å². The first kappa shape index (κ1) is 20.3. The highest BCUT2D eigenvalue weighted by molar-refractivity contribution is 5.78. The van der Waals surface area contributed by atoms with Crippen LogP contribution in [0.25, 0.3) is 0 Å². The summed E-state index contributed by atoms with van der Waals surface area (Å²) in [5, 5.41) is 5.57. The molecule has 0 aliphatic heterocycles. The summed E-state index contributed by atoms with van der Waals surface area (Å²) in [6.45, 7) is 5.85. The maximum atomic E-state index is 12.2. The van der Waals surface area contributed by atoms with Crippen molar-refractivity contribution in [3.05, 3.63) is 0 Å². The molecule has 2 amide bonds. The third-order valence-electron chi connectivity index (χ3n) is 4.40. The van der Waals surface area contributed by atoms with Crippen molar-refractivity contribution in [2.24, 2.45) is 5.92 Å². The fraction of sp³-hybridized carbons (Fsp3) is 0.789. The average molecular weight is 336 g/mol. The maximum absolute atomic E-state index is 12.2. The van der Waals surface area contributed by atoms with E-state index in [1.807, 2.05) is 20.8 Å². The molecule has 0 radical (unpaired) electrons. The molecule has 136 valence electrons. The molecule has 1 unspecified atom stereocenters. The van der Waals surface area contributed by atoms with Crippen LogP contribution in [0.3, 0.4) is 0 Å². The number of nitrogens with one attached hydrogen (secondary N) is 2. The summed E-state index contributed by atoms with van der Waals surface area (Å²) in [7, 11) is 0. The SMILES string of the molecule is C#CCNC(=O)C(C)CC(C)(C)NC(=O)OC1CCCCCCC1. The van der Waals surface area contributed by atoms with Crippen LogP contribution in [0.2, 0.25) is 0 Å². The van der Waals surface area contributed by atoms with Crippen LogP contribution < -0.4 is 10.6 Å². The smallest absolute Gasteiger partial charge is 0.407 e. The van der Waals surface area contributed by atoms with Crippen molar-refractivity contribution >= 4 is 12.0 Å². The second kappa shape index (κ2) is 10.2. The van der Waals surface area contributed by atoms with E-state index in [2.05, 4.69) is 16.6 Å². The first-order valence-electron chi connectivity index (χ1n) is 9.04. The molecular weight excluding hydrogens is 304 g/mol. The molecule has 0 aromatic heterocycles. The summed E-state index contributed by atoms with van der Waals surface area (Å²) in [5.74, 6) is 2.04. The fourth-order valence-electron chi connectivity index (χ4n) is 3.22. The van der Waals surface area contributed by atoms with Crippen LogP contribution in [0.5, 0.6) is 0 Å². The van der Waals surface area contributed by atoms with E-state index in [1.54, 1.807) is 0 Å². The van der Waals surface area contributed by atoms with E-state index in [9.17, 15) is 9.59 Å². The Bertz CT molecular complexity index is 446. The van der Waals surface area contributed by atoms with Gasteiger partial charge in [-0.1, -0.05) is 32.1 Å². The predicted octanol–water partition coefficient (Wildman–Crippen LogP) is 3.38. The Morgan fingerprint density at radius 1 is 1.21 bits per heavy atom. The normalized spacial score (nSPS) is 17.8. The van der Waals surface area contributed by atoms with Gasteiger partial charge in [0.2, 0.25) is 5.91 Å². The monoisotopic (exact) mass is 336 g/mol. The lowest BCUT2D eigenvalue weighted by Gasteiger charge is -2.30. The van der Waals surface area contributed by atoms with Crippen LogP contribution in [0, 0.1) is 18.3 Å². The lowest BCUT2D eigenvalue weighted by molar-refractivity contribution is -0.124. The van der Waals surface area contributed by atoms with Gasteiger partial charge in [0.1, 0.15) is 6.10 Å². The zero-order chi connectivity index (χ0) is 18.0. The molecule has 0 saturated heterocycles. The van der Waals surface area contributed by atoms with Gasteiger partial charge < -0.3 is 15.4 Å². The third kappa shape index (κ3) is 8.24. The highest BCUT2D eigenvalue weighted by Gasteiger charge is 2.28. The minimum Gasteiger partial charge on any atom is -0.446 e. The van der Waals surface area contributed by atoms with Gasteiger partial charge in [0.15, 0.2) is 0 Å². The molecule has 1 atom stereocenters. The molecule has 1 saturated carbocycles. The lowest BCUT2D eigenvalue weighted by Crippen LogP contribution is -2.47. The number of carbonyl (C=O) groups is 2. The van der Waals surface area contributed by atoms with Crippen LogP contribution in [-0.4, -0.2) is 30.2 Å². The number of carbonyl (C=O) groups excluding carboxylic acids is 2. The molecule has 24 heavy (non-hydrogen) atoms. The van der Waals surface area contributed by atoms with E-state index in [1.165, 1.54) is 19.3 Å². The Hall–Kier alpha value is -1.70. The van der Waals surface area contributed by atoms with Gasteiger partial charge in [-0.3, -0.25) is 4.79 Å². The summed E-state index contributed by atoms with van der Waals surface area (Å²) >= 11 is 0. The zero-order valence-electron chi connectivity index (χ0n) is 15.3. The summed E-state index contributed by atoms with van der Waals surface area (Å²) < 4.78 is 5.59. The number of alkyl carbamates (subject to hydrolysis) is 1. The van der Waals surface area contributed by atoms with Gasteiger partial charge in [-0.15, -0.1) is 6.42 Å². The van der Waals surface area contributed by atoms with Crippen molar-refractivity contribution in [3.63, 3.8) is 0 Å². The van der Waals surface area contributed by atoms with E-state index in [4.69, 9.17) is 11.2 Å². The molecule has 2 N–H and O–H groups in total. The Morgan fingerprint density at radius 2 is 1.79 bits per heavy atom. The first-order valence-corrected chi connectivity index (χ1v) is 9.04. The standard InChI is InChI=1S/C19H32N2O3/c1-5-13-20-17(22)15(2)14-19(3,4)21-18(23)24-16-11-9-7-6-8-10-12-16/h1,15-16H,6-14H2,2-4H3,(H,20,22)(H,21,23). The van der Waals surface area contributed by atoms with Gasteiger partial charge >= 0.3 is 6.09 Å². The van der Waals surface area contributed by atoms with Crippen molar-refractivity contribution in [2.75, 3.05) is 6.54 Å². The van der Waals surface area contributed by atoms with Gasteiger partial charge in [-0.25, -0.2) is 4.79 Å². The van der Waals surface area contributed by atoms with Crippen molar-refractivity contribution < 1.29 is 14.3 Å². The van der Waals surface area contributed by atoms with E-state index >= 15 is 0 Å². The van der Waals surface area contributed by atoms with Crippen molar-refractivity contribution in [2.45, 2.75) is 83.8 Å². The maximum Gasteiger partial charge on any atom is 0.407 e. The lowest BCUT2D eigenvalue weighted by atomic mass is 9.91. The van der Waals surface area contributed by atoms with Gasteiger partial charge in [-0.2, -0.15) is 0 Å². The van der Waals surface area contributed by atoms with Crippen molar-refractivity contribution in [1.29, 1.82) is 0 Å². The summed E-state index contributed by atoms with van der Waals surface area (Å²) in [6.07, 6.45) is 13.1. The van der Waals surface area contributed by atoms with Gasteiger partial charge in [0, 0.05) is 11.5 Å². The highest BCUT2D eigenvalue weighted by atomic mass is 16.6. The summed E-state index contributed by atoms with van der Waals surface area (Å²) in [5.41, 5.74) is -0.522. The van der Waals surface area contributed by atoms with E-state index in [0.717, 1.165) is 25.7 Å². The molecule has 5 nitrogen and oxygen atoms in total. The number of hydrogen-bond acceptors (Lipinski definition) is 3. The second-order valence-electron chi connectivity index (χ2n) is 7.41. The minimum absolute atomic E-state index is 0.0115. The molecule has 5 heteroatoms. The third-order valence-corrected chi connectivity index (χ3v) is 4.40. The quantitative estimate of drug-likeness (QED) is 0.731. The number of hydrogen-bond donors (Lipinski definition) is 2. The fourth-order valence-corrected chi connectivity index (χ4v) is 3.22. The van der Waals surface area contributed by atoms with Crippen molar-refractivity contribution in [3.8, 4) is 12.3 Å². The van der Waals surface area contributed by atoms with Gasteiger partial charge in [0.05, 0.1) is 6.54 Å². The van der Waals surface area contributed by atoms with Crippen LogP contribution in [0.1, 0.15) is 72.1 Å². The van der Waals surface area contributed by atoms with E-state index in [-0.39, 0.29) is 30.6 Å². The number of rotatable bonds is 6. The predicted molar refractivity (Wildman–Crippen MR) is 95.4 cm³/mol. The Kier molecular flexibility index (Phi) is 8.67. The molecule has 0 spiro atoms. The number of ether oxygens (including phenoxy) is 1. The van der Waals surface area contributed by atoms with Crippen LogP contribution >= 0.6 is 0 Å². The topological polar surface area (TPSA) is 67.4 Å². The van der Waals surface area contributed by atoms with Crippen molar-refractivity contribution in [1.82, 2.24) is 10.6 Å². The Labute approximate surface area is 146 Å². The largest absolute Gasteiger partial charge is 0.446 e. The minimum atomic E-state index is -0.522. The second-order valence-corrected chi connectivity index (χ2v) is 7.41. The molecule has 0 aromatic rings. The molecule has 1 rings (SSSR count). The molecule has 1 aliphatic carbocycles. The molecule has 1 fully saturated rings. The van der Waals surface area contributed by atoms with Crippen LogP contribution in [-0.2, 0) is 9.53 Å². The first-order chi connectivity index (χ1) is 11.3. The van der Waals surface area contributed by atoms with Gasteiger partial charge in [0.25, 0.3) is 0 Å². The number of terminal acetylenes is 1. The van der Waals surface area contributed by atoms with Crippen LogP contribution in [0.15, 0.2) is 0 Å². The molecule has 1 aliphatic rings. The zero-order valence-corrected chi connectivity index (χ0v) is 15.3. The molecule has 0 aromatic carbocycles. The summed E-state index contributed by atoms with van der Waals surface area (Å²) in [4.78, 5) is 24.1. The van der Waals surface area contributed by atoms with Crippen LogP contribution in [0.4, 0.5) is 4.79 Å². The Morgan fingerprint density at radius 3 is 2.38 bits per heavy atom. The summed E-state index contributed by atoms with van der Waals surface area (Å²) in [6, 6.07) is 0. The number of amides is 2. The molecule has 0 bridgehead atoms. The Balaban J connectivity index is 2.42. The van der Waals surface area contributed by atoms with Gasteiger partial charge in [-0.05, 0) is 46.0 Å².